The van der Waals surface area contributed by atoms with Gasteiger partial charge in [-0.1, -0.05) is 44.2 Å². The molecule has 0 saturated heterocycles. The number of aromatic nitrogens is 1. The Morgan fingerprint density at radius 3 is 2.45 bits per heavy atom. The first-order valence-electron chi connectivity index (χ1n) is 7.34. The molecule has 0 unspecified atom stereocenters. The molecule has 1 heterocycles. The van der Waals surface area contributed by atoms with E-state index >= 15 is 0 Å². The summed E-state index contributed by atoms with van der Waals surface area (Å²) in [5.74, 6) is 5.04. The van der Waals surface area contributed by atoms with Gasteiger partial charge in [0.1, 0.15) is 5.56 Å². The molecule has 0 aliphatic rings. The first-order chi connectivity index (χ1) is 10.5. The number of hydrogen-bond acceptors (Lipinski definition) is 3. The Morgan fingerprint density at radius 1 is 1.18 bits per heavy atom. The van der Waals surface area contributed by atoms with Crippen LogP contribution in [0.25, 0.3) is 11.3 Å². The number of carbonyl (C=O) groups is 1. The van der Waals surface area contributed by atoms with Gasteiger partial charge in [0.15, 0.2) is 0 Å². The zero-order valence-corrected chi connectivity index (χ0v) is 12.9. The van der Waals surface area contributed by atoms with Gasteiger partial charge in [0.2, 0.25) is 0 Å². The van der Waals surface area contributed by atoms with Gasteiger partial charge < -0.3 is 4.57 Å². The van der Waals surface area contributed by atoms with E-state index in [-0.39, 0.29) is 11.1 Å². The molecule has 116 valence electrons. The standard InChI is InChI=1S/C17H21N3O2/c1-12(2)10-11-20-15(13-6-4-3-5-7-13)9-8-14(17(20)22)16(21)19-18/h3-9,12H,10-11,18H2,1-2H3,(H,19,21). The van der Waals surface area contributed by atoms with Crippen LogP contribution >= 0.6 is 0 Å². The van der Waals surface area contributed by atoms with Crippen LogP contribution < -0.4 is 16.8 Å². The van der Waals surface area contributed by atoms with Crippen molar-refractivity contribution >= 4 is 5.91 Å². The van der Waals surface area contributed by atoms with Crippen molar-refractivity contribution in [3.8, 4) is 11.3 Å². The lowest BCUT2D eigenvalue weighted by atomic mass is 10.1. The smallest absolute Gasteiger partial charge is 0.270 e. The molecule has 0 atom stereocenters. The van der Waals surface area contributed by atoms with Gasteiger partial charge in [-0.05, 0) is 30.0 Å². The average molecular weight is 299 g/mol. The van der Waals surface area contributed by atoms with Gasteiger partial charge in [-0.2, -0.15) is 0 Å². The summed E-state index contributed by atoms with van der Waals surface area (Å²) in [7, 11) is 0. The number of nitrogens with one attached hydrogen (secondary N) is 1. The second-order valence-corrected chi connectivity index (χ2v) is 5.61. The highest BCUT2D eigenvalue weighted by Gasteiger charge is 2.15. The van der Waals surface area contributed by atoms with Crippen molar-refractivity contribution in [1.29, 1.82) is 0 Å². The normalized spacial score (nSPS) is 10.7. The lowest BCUT2D eigenvalue weighted by molar-refractivity contribution is 0.0951. The molecule has 5 heteroatoms. The zero-order chi connectivity index (χ0) is 16.1. The third kappa shape index (κ3) is 3.43. The molecule has 1 aromatic carbocycles. The number of hydrazine groups is 1. The second kappa shape index (κ2) is 7.04. The first-order valence-corrected chi connectivity index (χ1v) is 7.34. The predicted octanol–water partition coefficient (Wildman–Crippen LogP) is 2.16. The summed E-state index contributed by atoms with van der Waals surface area (Å²) < 4.78 is 1.65. The summed E-state index contributed by atoms with van der Waals surface area (Å²) in [6.45, 7) is 4.76. The van der Waals surface area contributed by atoms with Crippen LogP contribution in [-0.2, 0) is 6.54 Å². The highest BCUT2D eigenvalue weighted by atomic mass is 16.2. The third-order valence-corrected chi connectivity index (χ3v) is 3.55. The lowest BCUT2D eigenvalue weighted by Crippen LogP contribution is -2.37. The van der Waals surface area contributed by atoms with E-state index < -0.39 is 5.91 Å². The Kier molecular flexibility index (Phi) is 5.12. The van der Waals surface area contributed by atoms with Crippen molar-refractivity contribution in [3.05, 3.63) is 58.4 Å². The van der Waals surface area contributed by atoms with Crippen LogP contribution in [0.4, 0.5) is 0 Å². The van der Waals surface area contributed by atoms with Crippen LogP contribution in [0.1, 0.15) is 30.6 Å². The van der Waals surface area contributed by atoms with E-state index in [1.807, 2.05) is 35.8 Å². The molecule has 1 aromatic heterocycles. The number of nitrogens with two attached hydrogens (primary N) is 1. The van der Waals surface area contributed by atoms with Crippen LogP contribution in [0.3, 0.4) is 0 Å². The van der Waals surface area contributed by atoms with Crippen molar-refractivity contribution in [1.82, 2.24) is 9.99 Å². The Morgan fingerprint density at radius 2 is 1.86 bits per heavy atom. The second-order valence-electron chi connectivity index (χ2n) is 5.61. The number of pyridine rings is 1. The van der Waals surface area contributed by atoms with Gasteiger partial charge in [-0.3, -0.25) is 15.0 Å². The Hall–Kier alpha value is -2.40. The van der Waals surface area contributed by atoms with Gasteiger partial charge in [0.05, 0.1) is 5.69 Å². The topological polar surface area (TPSA) is 77.1 Å². The van der Waals surface area contributed by atoms with E-state index in [4.69, 9.17) is 5.84 Å². The fourth-order valence-corrected chi connectivity index (χ4v) is 2.30. The molecule has 1 amide bonds. The van der Waals surface area contributed by atoms with Crippen LogP contribution in [0.15, 0.2) is 47.3 Å². The fraction of sp³-hybridized carbons (Fsp3) is 0.294. The molecular weight excluding hydrogens is 278 g/mol. The van der Waals surface area contributed by atoms with E-state index in [0.717, 1.165) is 17.7 Å². The molecular formula is C17H21N3O2. The number of hydrogen-bond donors (Lipinski definition) is 2. The molecule has 0 aliphatic carbocycles. The van der Waals surface area contributed by atoms with Gasteiger partial charge in [-0.25, -0.2) is 5.84 Å². The molecule has 22 heavy (non-hydrogen) atoms. The van der Waals surface area contributed by atoms with Crippen molar-refractivity contribution < 1.29 is 4.79 Å². The zero-order valence-electron chi connectivity index (χ0n) is 12.9. The number of nitrogens with zero attached hydrogens (tertiary/aromatic N) is 1. The maximum absolute atomic E-state index is 12.6. The molecule has 0 spiro atoms. The highest BCUT2D eigenvalue weighted by Crippen LogP contribution is 2.19. The lowest BCUT2D eigenvalue weighted by Gasteiger charge is -2.15. The minimum atomic E-state index is -0.567. The van der Waals surface area contributed by atoms with Crippen LogP contribution in [0.2, 0.25) is 0 Å². The minimum absolute atomic E-state index is 0.0611. The average Bonchev–Trinajstić information content (AvgIpc) is 2.53. The summed E-state index contributed by atoms with van der Waals surface area (Å²) in [6, 6.07) is 13.0. The fourth-order valence-electron chi connectivity index (χ4n) is 2.30. The van der Waals surface area contributed by atoms with E-state index in [1.54, 1.807) is 10.6 Å². The Labute approximate surface area is 129 Å². The van der Waals surface area contributed by atoms with Gasteiger partial charge in [0, 0.05) is 6.54 Å². The predicted molar refractivity (Wildman–Crippen MR) is 87.2 cm³/mol. The van der Waals surface area contributed by atoms with Gasteiger partial charge in [0.25, 0.3) is 11.5 Å². The van der Waals surface area contributed by atoms with Crippen molar-refractivity contribution in [3.63, 3.8) is 0 Å². The quantitative estimate of drug-likeness (QED) is 0.504. The summed E-state index contributed by atoms with van der Waals surface area (Å²) in [4.78, 5) is 24.3. The molecule has 2 rings (SSSR count). The summed E-state index contributed by atoms with van der Waals surface area (Å²) in [5.41, 5.74) is 3.52. The molecule has 2 aromatic rings. The number of rotatable bonds is 5. The van der Waals surface area contributed by atoms with E-state index in [1.165, 1.54) is 6.07 Å². The number of carbonyl (C=O) groups excluding carboxylic acids is 1. The van der Waals surface area contributed by atoms with Crippen molar-refractivity contribution in [2.75, 3.05) is 0 Å². The molecule has 3 N–H and O–H groups in total. The monoisotopic (exact) mass is 299 g/mol. The molecule has 5 nitrogen and oxygen atoms in total. The van der Waals surface area contributed by atoms with Crippen LogP contribution in [0.5, 0.6) is 0 Å². The van der Waals surface area contributed by atoms with Crippen molar-refractivity contribution in [2.45, 2.75) is 26.8 Å². The van der Waals surface area contributed by atoms with Crippen LogP contribution in [0, 0.1) is 5.92 Å². The highest BCUT2D eigenvalue weighted by molar-refractivity contribution is 5.93. The number of benzene rings is 1. The largest absolute Gasteiger partial charge is 0.308 e. The molecule has 0 aliphatic heterocycles. The number of amides is 1. The van der Waals surface area contributed by atoms with Gasteiger partial charge >= 0.3 is 0 Å². The maximum atomic E-state index is 12.6. The SMILES string of the molecule is CC(C)CCn1c(-c2ccccc2)ccc(C(=O)NN)c1=O. The van der Waals surface area contributed by atoms with E-state index in [0.29, 0.717) is 12.5 Å². The number of nitrogen functional groups attached to an aromatic ring is 1. The van der Waals surface area contributed by atoms with Gasteiger partial charge in [-0.15, -0.1) is 0 Å². The molecule has 0 bridgehead atoms. The summed E-state index contributed by atoms with van der Waals surface area (Å²) >= 11 is 0. The van der Waals surface area contributed by atoms with E-state index in [9.17, 15) is 9.59 Å². The van der Waals surface area contributed by atoms with Crippen LogP contribution in [-0.4, -0.2) is 10.5 Å². The Bertz CT molecular complexity index is 706. The van der Waals surface area contributed by atoms with Crippen molar-refractivity contribution in [2.24, 2.45) is 11.8 Å². The Balaban J connectivity index is 2.56. The third-order valence-electron chi connectivity index (χ3n) is 3.55. The molecule has 0 saturated carbocycles. The summed E-state index contributed by atoms with van der Waals surface area (Å²) in [6.07, 6.45) is 0.855. The minimum Gasteiger partial charge on any atom is -0.308 e. The summed E-state index contributed by atoms with van der Waals surface area (Å²) in [5, 5.41) is 0. The van der Waals surface area contributed by atoms with E-state index in [2.05, 4.69) is 13.8 Å². The molecule has 0 fully saturated rings. The first kappa shape index (κ1) is 16.0. The maximum Gasteiger partial charge on any atom is 0.270 e. The molecule has 0 radical (unpaired) electrons.